The predicted octanol–water partition coefficient (Wildman–Crippen LogP) is 6.65. The molecule has 1 aliphatic rings. The molecule has 0 radical (unpaired) electrons. The number of ether oxygens (including phenoxy) is 1. The number of alkyl halides is 2. The summed E-state index contributed by atoms with van der Waals surface area (Å²) in [5.41, 5.74) is 3.07. The number of carbonyl (C=O) groups excluding carboxylic acids is 1. The van der Waals surface area contributed by atoms with E-state index in [1.165, 1.54) is 34.2 Å². The fraction of sp³-hybridized carbons (Fsp3) is 0.167. The number of anilines is 1. The summed E-state index contributed by atoms with van der Waals surface area (Å²) in [5, 5.41) is 7.25. The summed E-state index contributed by atoms with van der Waals surface area (Å²) in [5.74, 6) is -0.149. The molecule has 3 aromatic carbocycles. The van der Waals surface area contributed by atoms with Crippen LogP contribution in [0.15, 0.2) is 77.9 Å². The Morgan fingerprint density at radius 3 is 2.15 bits per heavy atom. The molecule has 0 N–H and O–H groups in total. The number of urea groups is 1. The van der Waals surface area contributed by atoms with E-state index in [0.29, 0.717) is 22.3 Å². The first-order chi connectivity index (χ1) is 15.8. The monoisotopic (exact) mass is 489 g/mol. The van der Waals surface area contributed by atoms with Gasteiger partial charge in [0.05, 0.1) is 12.3 Å². The van der Waals surface area contributed by atoms with E-state index in [9.17, 15) is 13.6 Å². The lowest BCUT2D eigenvalue weighted by atomic mass is 9.91. The minimum atomic E-state index is -2.91. The maximum atomic E-state index is 13.2. The zero-order chi connectivity index (χ0) is 23.5. The van der Waals surface area contributed by atoms with E-state index in [-0.39, 0.29) is 17.7 Å². The molecule has 4 rings (SSSR count). The summed E-state index contributed by atoms with van der Waals surface area (Å²) in [4.78, 5) is 14.6. The van der Waals surface area contributed by atoms with E-state index in [0.717, 1.165) is 16.8 Å². The van der Waals surface area contributed by atoms with Gasteiger partial charge in [0, 0.05) is 28.7 Å². The smallest absolute Gasteiger partial charge is 0.387 e. The summed E-state index contributed by atoms with van der Waals surface area (Å²) < 4.78 is 29.1. The summed E-state index contributed by atoms with van der Waals surface area (Å²) in [6.45, 7) is -2.58. The Labute approximate surface area is 199 Å². The van der Waals surface area contributed by atoms with Gasteiger partial charge in [-0.2, -0.15) is 13.9 Å². The second-order valence-electron chi connectivity index (χ2n) is 7.39. The lowest BCUT2D eigenvalue weighted by Gasteiger charge is -2.23. The fourth-order valence-corrected chi connectivity index (χ4v) is 3.85. The lowest BCUT2D eigenvalue weighted by Crippen LogP contribution is -2.37. The standard InChI is InChI=1S/C24H19Cl2F2N3O2/c1-30(19-10-12-20(13-11-19)33-23(27)28)24(32)31-14-21(15-2-6-17(25)7-3-15)22(29-31)16-4-8-18(26)9-5-16/h2-13,21,23H,14H2,1H3. The molecular weight excluding hydrogens is 471 g/mol. The Balaban J connectivity index is 1.60. The van der Waals surface area contributed by atoms with Crippen molar-refractivity contribution in [3.05, 3.63) is 94.0 Å². The van der Waals surface area contributed by atoms with Gasteiger partial charge in [-0.1, -0.05) is 47.5 Å². The summed E-state index contributed by atoms with van der Waals surface area (Å²) in [6.07, 6.45) is 0. The Morgan fingerprint density at radius 1 is 1.00 bits per heavy atom. The molecule has 5 nitrogen and oxygen atoms in total. The highest BCUT2D eigenvalue weighted by atomic mass is 35.5. The highest BCUT2D eigenvalue weighted by molar-refractivity contribution is 6.31. The van der Waals surface area contributed by atoms with Gasteiger partial charge in [-0.15, -0.1) is 0 Å². The number of benzene rings is 3. The molecule has 3 aromatic rings. The van der Waals surface area contributed by atoms with E-state index in [2.05, 4.69) is 9.84 Å². The third kappa shape index (κ3) is 5.26. The van der Waals surface area contributed by atoms with E-state index < -0.39 is 6.61 Å². The Morgan fingerprint density at radius 2 is 1.58 bits per heavy atom. The van der Waals surface area contributed by atoms with Crippen LogP contribution in [0.1, 0.15) is 17.0 Å². The third-order valence-electron chi connectivity index (χ3n) is 5.28. The number of hydrogen-bond acceptors (Lipinski definition) is 3. The number of carbonyl (C=O) groups is 1. The van der Waals surface area contributed by atoms with Crippen LogP contribution in [0.25, 0.3) is 0 Å². The number of rotatable bonds is 5. The molecule has 0 spiro atoms. The Kier molecular flexibility index (Phi) is 6.81. The van der Waals surface area contributed by atoms with E-state index in [1.807, 2.05) is 24.3 Å². The van der Waals surface area contributed by atoms with Crippen molar-refractivity contribution >= 4 is 40.6 Å². The molecule has 1 unspecified atom stereocenters. The van der Waals surface area contributed by atoms with Crippen LogP contribution < -0.4 is 9.64 Å². The average Bonchev–Trinajstić information content (AvgIpc) is 3.24. The van der Waals surface area contributed by atoms with Crippen LogP contribution in [0, 0.1) is 0 Å². The molecular formula is C24H19Cl2F2N3O2. The molecule has 0 aliphatic carbocycles. The number of hydrogen-bond donors (Lipinski definition) is 0. The highest BCUT2D eigenvalue weighted by Crippen LogP contribution is 2.31. The molecule has 1 aliphatic heterocycles. The van der Waals surface area contributed by atoms with Crippen LogP contribution >= 0.6 is 23.2 Å². The van der Waals surface area contributed by atoms with Crippen molar-refractivity contribution in [3.8, 4) is 5.75 Å². The maximum absolute atomic E-state index is 13.2. The Hall–Kier alpha value is -3.16. The normalized spacial score (nSPS) is 15.5. The van der Waals surface area contributed by atoms with Crippen molar-refractivity contribution in [3.63, 3.8) is 0 Å². The van der Waals surface area contributed by atoms with Crippen molar-refractivity contribution in [1.82, 2.24) is 5.01 Å². The van der Waals surface area contributed by atoms with Crippen LogP contribution in [0.5, 0.6) is 5.75 Å². The predicted molar refractivity (Wildman–Crippen MR) is 126 cm³/mol. The highest BCUT2D eigenvalue weighted by Gasteiger charge is 2.33. The molecule has 33 heavy (non-hydrogen) atoms. The third-order valence-corrected chi connectivity index (χ3v) is 5.79. The number of halogens is 4. The van der Waals surface area contributed by atoms with Gasteiger partial charge >= 0.3 is 12.6 Å². The molecule has 2 amide bonds. The fourth-order valence-electron chi connectivity index (χ4n) is 3.59. The lowest BCUT2D eigenvalue weighted by molar-refractivity contribution is -0.0498. The van der Waals surface area contributed by atoms with Crippen LogP contribution in [0.3, 0.4) is 0 Å². The Bertz CT molecular complexity index is 1150. The quantitative estimate of drug-likeness (QED) is 0.402. The summed E-state index contributed by atoms with van der Waals surface area (Å²) >= 11 is 12.1. The zero-order valence-electron chi connectivity index (χ0n) is 17.5. The van der Waals surface area contributed by atoms with Crippen molar-refractivity contribution in [2.24, 2.45) is 5.10 Å². The largest absolute Gasteiger partial charge is 0.435 e. The van der Waals surface area contributed by atoms with Gasteiger partial charge in [0.1, 0.15) is 5.75 Å². The van der Waals surface area contributed by atoms with Gasteiger partial charge in [-0.05, 0) is 59.7 Å². The van der Waals surface area contributed by atoms with Crippen LogP contribution in [0.4, 0.5) is 19.3 Å². The molecule has 0 saturated heterocycles. The van der Waals surface area contributed by atoms with Crippen LogP contribution in [-0.2, 0) is 0 Å². The van der Waals surface area contributed by atoms with Crippen molar-refractivity contribution in [2.75, 3.05) is 18.5 Å². The minimum Gasteiger partial charge on any atom is -0.435 e. The van der Waals surface area contributed by atoms with E-state index in [4.69, 9.17) is 23.2 Å². The topological polar surface area (TPSA) is 45.1 Å². The average molecular weight is 490 g/mol. The van der Waals surface area contributed by atoms with Crippen LogP contribution in [0.2, 0.25) is 10.0 Å². The van der Waals surface area contributed by atoms with Crippen LogP contribution in [-0.4, -0.2) is 37.0 Å². The number of amides is 2. The SMILES string of the molecule is CN(C(=O)N1CC(c2ccc(Cl)cc2)C(c2ccc(Cl)cc2)=N1)c1ccc(OC(F)F)cc1. The van der Waals surface area contributed by atoms with Gasteiger partial charge in [-0.3, -0.25) is 4.90 Å². The van der Waals surface area contributed by atoms with E-state index in [1.54, 1.807) is 31.3 Å². The summed E-state index contributed by atoms with van der Waals surface area (Å²) in [6, 6.07) is 20.2. The van der Waals surface area contributed by atoms with Gasteiger partial charge in [0.15, 0.2) is 0 Å². The van der Waals surface area contributed by atoms with Gasteiger partial charge in [0.25, 0.3) is 0 Å². The second-order valence-corrected chi connectivity index (χ2v) is 8.27. The zero-order valence-corrected chi connectivity index (χ0v) is 19.0. The summed E-state index contributed by atoms with van der Waals surface area (Å²) in [7, 11) is 1.60. The molecule has 0 saturated carbocycles. The molecule has 1 atom stereocenters. The van der Waals surface area contributed by atoms with Gasteiger partial charge < -0.3 is 4.74 Å². The number of nitrogens with zero attached hydrogens (tertiary/aromatic N) is 3. The number of hydrazone groups is 1. The molecule has 0 aromatic heterocycles. The van der Waals surface area contributed by atoms with Crippen molar-refractivity contribution in [2.45, 2.75) is 12.5 Å². The minimum absolute atomic E-state index is 0.0154. The van der Waals surface area contributed by atoms with Crippen molar-refractivity contribution < 1.29 is 18.3 Å². The molecule has 0 fully saturated rings. The second kappa shape index (κ2) is 9.77. The first kappa shape index (κ1) is 23.0. The first-order valence-corrected chi connectivity index (χ1v) is 10.8. The van der Waals surface area contributed by atoms with Gasteiger partial charge in [0.2, 0.25) is 0 Å². The van der Waals surface area contributed by atoms with Gasteiger partial charge in [-0.25, -0.2) is 9.80 Å². The first-order valence-electron chi connectivity index (χ1n) is 10.0. The molecule has 1 heterocycles. The maximum Gasteiger partial charge on any atom is 0.387 e. The molecule has 170 valence electrons. The molecule has 0 bridgehead atoms. The van der Waals surface area contributed by atoms with E-state index >= 15 is 0 Å². The van der Waals surface area contributed by atoms with Crippen molar-refractivity contribution in [1.29, 1.82) is 0 Å². The molecule has 9 heteroatoms.